The lowest BCUT2D eigenvalue weighted by Crippen LogP contribution is -2.34. The highest BCUT2D eigenvalue weighted by molar-refractivity contribution is 5.95. The number of carbonyl (C=O) groups excluding carboxylic acids is 1. The third kappa shape index (κ3) is 2.92. The molecule has 1 aliphatic heterocycles. The van der Waals surface area contributed by atoms with Crippen molar-refractivity contribution >= 4 is 11.7 Å². The summed E-state index contributed by atoms with van der Waals surface area (Å²) < 4.78 is 14.4. The third-order valence-corrected chi connectivity index (χ3v) is 3.71. The number of hydrogen-bond acceptors (Lipinski definition) is 3. The standard InChI is InChI=1S/C15H22FN3O/c1-4-6-17-14-13(16)12(5-7-18-14)15(20)19-9-10(2)8-11(19)3/h5,7,10-11H,4,6,8-9H2,1-3H3,(H,17,18). The van der Waals surface area contributed by atoms with Crippen LogP contribution in [0.4, 0.5) is 10.2 Å². The molecule has 0 aliphatic carbocycles. The number of anilines is 1. The van der Waals surface area contributed by atoms with E-state index in [1.807, 2.05) is 13.8 Å². The van der Waals surface area contributed by atoms with Crippen molar-refractivity contribution in [2.24, 2.45) is 5.92 Å². The third-order valence-electron chi connectivity index (χ3n) is 3.71. The van der Waals surface area contributed by atoms with Crippen LogP contribution in [0.5, 0.6) is 0 Å². The number of amides is 1. The fraction of sp³-hybridized carbons (Fsp3) is 0.600. The number of halogens is 1. The molecule has 1 N–H and O–H groups in total. The molecule has 1 saturated heterocycles. The summed E-state index contributed by atoms with van der Waals surface area (Å²) in [6.45, 7) is 7.45. The molecule has 5 heteroatoms. The van der Waals surface area contributed by atoms with E-state index in [9.17, 15) is 9.18 Å². The number of nitrogens with zero attached hydrogens (tertiary/aromatic N) is 2. The van der Waals surface area contributed by atoms with Gasteiger partial charge >= 0.3 is 0 Å². The maximum Gasteiger partial charge on any atom is 0.257 e. The van der Waals surface area contributed by atoms with Gasteiger partial charge in [-0.05, 0) is 31.7 Å². The van der Waals surface area contributed by atoms with E-state index in [0.717, 1.165) is 12.8 Å². The van der Waals surface area contributed by atoms with Gasteiger partial charge in [-0.3, -0.25) is 4.79 Å². The number of pyridine rings is 1. The fourth-order valence-electron chi connectivity index (χ4n) is 2.71. The quantitative estimate of drug-likeness (QED) is 0.921. The van der Waals surface area contributed by atoms with Crippen LogP contribution >= 0.6 is 0 Å². The predicted octanol–water partition coefficient (Wildman–Crippen LogP) is 2.91. The summed E-state index contributed by atoms with van der Waals surface area (Å²) >= 11 is 0. The largest absolute Gasteiger partial charge is 0.368 e. The van der Waals surface area contributed by atoms with E-state index in [1.165, 1.54) is 12.3 Å². The molecular weight excluding hydrogens is 257 g/mol. The zero-order valence-electron chi connectivity index (χ0n) is 12.3. The van der Waals surface area contributed by atoms with Crippen LogP contribution in [0.25, 0.3) is 0 Å². The van der Waals surface area contributed by atoms with Gasteiger partial charge in [-0.15, -0.1) is 0 Å². The van der Waals surface area contributed by atoms with Gasteiger partial charge in [0.15, 0.2) is 11.6 Å². The van der Waals surface area contributed by atoms with E-state index in [1.54, 1.807) is 4.90 Å². The predicted molar refractivity (Wildman–Crippen MR) is 77.3 cm³/mol. The Morgan fingerprint density at radius 3 is 2.90 bits per heavy atom. The highest BCUT2D eigenvalue weighted by Gasteiger charge is 2.32. The van der Waals surface area contributed by atoms with Crippen LogP contribution in [0.2, 0.25) is 0 Å². The molecule has 2 atom stereocenters. The summed E-state index contributed by atoms with van der Waals surface area (Å²) in [5.41, 5.74) is 0.111. The van der Waals surface area contributed by atoms with Crippen LogP contribution in [-0.2, 0) is 0 Å². The second kappa shape index (κ2) is 6.20. The molecule has 1 aromatic heterocycles. The first-order valence-electron chi connectivity index (χ1n) is 7.24. The number of aromatic nitrogens is 1. The van der Waals surface area contributed by atoms with E-state index >= 15 is 0 Å². The van der Waals surface area contributed by atoms with Crippen molar-refractivity contribution in [3.8, 4) is 0 Å². The summed E-state index contributed by atoms with van der Waals surface area (Å²) in [5.74, 6) is -0.145. The molecular formula is C15H22FN3O. The molecule has 0 bridgehead atoms. The van der Waals surface area contributed by atoms with Gasteiger partial charge in [-0.2, -0.15) is 0 Å². The molecule has 20 heavy (non-hydrogen) atoms. The molecule has 1 fully saturated rings. The molecule has 1 aliphatic rings. The van der Waals surface area contributed by atoms with Gasteiger partial charge in [0, 0.05) is 25.3 Å². The average Bonchev–Trinajstić information content (AvgIpc) is 2.76. The Morgan fingerprint density at radius 1 is 1.55 bits per heavy atom. The minimum atomic E-state index is -0.544. The second-order valence-electron chi connectivity index (χ2n) is 5.60. The van der Waals surface area contributed by atoms with E-state index in [4.69, 9.17) is 0 Å². The summed E-state index contributed by atoms with van der Waals surface area (Å²) in [5, 5.41) is 2.91. The Balaban J connectivity index is 2.22. The highest BCUT2D eigenvalue weighted by atomic mass is 19.1. The summed E-state index contributed by atoms with van der Waals surface area (Å²) in [6, 6.07) is 1.63. The van der Waals surface area contributed by atoms with Gasteiger partial charge in [-0.1, -0.05) is 13.8 Å². The molecule has 1 amide bonds. The Kier molecular flexibility index (Phi) is 4.57. The van der Waals surface area contributed by atoms with Crippen molar-refractivity contribution in [2.45, 2.75) is 39.7 Å². The average molecular weight is 279 g/mol. The lowest BCUT2D eigenvalue weighted by Gasteiger charge is -2.22. The van der Waals surface area contributed by atoms with Gasteiger partial charge in [0.25, 0.3) is 5.91 Å². The zero-order valence-corrected chi connectivity index (χ0v) is 12.3. The van der Waals surface area contributed by atoms with Crippen LogP contribution in [0.3, 0.4) is 0 Å². The van der Waals surface area contributed by atoms with Crippen LogP contribution in [-0.4, -0.2) is 34.9 Å². The number of hydrogen-bond donors (Lipinski definition) is 1. The molecule has 0 radical (unpaired) electrons. The Bertz CT molecular complexity index is 492. The molecule has 0 saturated carbocycles. The number of carbonyl (C=O) groups is 1. The van der Waals surface area contributed by atoms with Gasteiger partial charge in [0.1, 0.15) is 0 Å². The maximum atomic E-state index is 14.4. The molecule has 1 aromatic rings. The first-order valence-corrected chi connectivity index (χ1v) is 7.24. The van der Waals surface area contributed by atoms with Crippen LogP contribution < -0.4 is 5.32 Å². The van der Waals surface area contributed by atoms with Crippen LogP contribution in [0.1, 0.15) is 44.0 Å². The molecule has 0 spiro atoms. The molecule has 2 rings (SSSR count). The number of likely N-dealkylation sites (tertiary alicyclic amines) is 1. The molecule has 2 unspecified atom stereocenters. The highest BCUT2D eigenvalue weighted by Crippen LogP contribution is 2.26. The van der Waals surface area contributed by atoms with Crippen LogP contribution in [0.15, 0.2) is 12.3 Å². The Labute approximate surface area is 119 Å². The minimum absolute atomic E-state index is 0.111. The van der Waals surface area contributed by atoms with E-state index in [2.05, 4.69) is 17.2 Å². The second-order valence-corrected chi connectivity index (χ2v) is 5.60. The van der Waals surface area contributed by atoms with Crippen molar-refractivity contribution in [3.05, 3.63) is 23.6 Å². The smallest absolute Gasteiger partial charge is 0.257 e. The Morgan fingerprint density at radius 2 is 2.30 bits per heavy atom. The van der Waals surface area contributed by atoms with E-state index in [0.29, 0.717) is 19.0 Å². The molecule has 110 valence electrons. The Hall–Kier alpha value is -1.65. The number of nitrogens with one attached hydrogen (secondary N) is 1. The van der Waals surface area contributed by atoms with Crippen molar-refractivity contribution in [1.29, 1.82) is 0 Å². The van der Waals surface area contributed by atoms with Crippen molar-refractivity contribution in [2.75, 3.05) is 18.4 Å². The topological polar surface area (TPSA) is 45.2 Å². The summed E-state index contributed by atoms with van der Waals surface area (Å²) in [4.78, 5) is 18.2. The lowest BCUT2D eigenvalue weighted by atomic mass is 10.1. The minimum Gasteiger partial charge on any atom is -0.368 e. The zero-order chi connectivity index (χ0) is 14.7. The molecule has 0 aromatic carbocycles. The maximum absolute atomic E-state index is 14.4. The van der Waals surface area contributed by atoms with Crippen molar-refractivity contribution in [1.82, 2.24) is 9.88 Å². The van der Waals surface area contributed by atoms with Gasteiger partial charge in [-0.25, -0.2) is 9.37 Å². The fourth-order valence-corrected chi connectivity index (χ4v) is 2.71. The normalized spacial score (nSPS) is 22.1. The van der Waals surface area contributed by atoms with E-state index < -0.39 is 5.82 Å². The van der Waals surface area contributed by atoms with Gasteiger partial charge in [0.2, 0.25) is 0 Å². The van der Waals surface area contributed by atoms with Gasteiger partial charge < -0.3 is 10.2 Å². The summed E-state index contributed by atoms with van der Waals surface area (Å²) in [6.07, 6.45) is 3.33. The van der Waals surface area contributed by atoms with E-state index in [-0.39, 0.29) is 23.3 Å². The molecule has 2 heterocycles. The van der Waals surface area contributed by atoms with Crippen molar-refractivity contribution < 1.29 is 9.18 Å². The lowest BCUT2D eigenvalue weighted by molar-refractivity contribution is 0.0739. The number of rotatable bonds is 4. The van der Waals surface area contributed by atoms with Crippen LogP contribution in [0, 0.1) is 11.7 Å². The first kappa shape index (κ1) is 14.8. The first-order chi connectivity index (χ1) is 9.54. The van der Waals surface area contributed by atoms with Gasteiger partial charge in [0.05, 0.1) is 5.56 Å². The molecule has 4 nitrogen and oxygen atoms in total. The monoisotopic (exact) mass is 279 g/mol. The van der Waals surface area contributed by atoms with Crippen molar-refractivity contribution in [3.63, 3.8) is 0 Å². The SMILES string of the molecule is CCCNc1nccc(C(=O)N2CC(C)CC2C)c1F. The summed E-state index contributed by atoms with van der Waals surface area (Å²) in [7, 11) is 0.